The number of carbonyl (C=O) groups is 4. The van der Waals surface area contributed by atoms with Crippen molar-refractivity contribution in [1.82, 2.24) is 20.1 Å². The van der Waals surface area contributed by atoms with Crippen molar-refractivity contribution >= 4 is 52.6 Å². The second-order valence-corrected chi connectivity index (χ2v) is 9.39. The van der Waals surface area contributed by atoms with Crippen molar-refractivity contribution in [2.24, 2.45) is 0 Å². The third kappa shape index (κ3) is 4.15. The standard InChI is InChI=1S/C23H21Cl2N5O4/c24-14-10-17(25)20(26-11-14)29-7-5-28(6-8-29)12-13-1-2-15-16(9-13)23(34)30(22(15)33)18-3-4-19(31)27-21(18)32/h1-2,9-11,18H,3-8,12H2,(H,27,31,32). The fourth-order valence-corrected chi connectivity index (χ4v) is 5.13. The predicted molar refractivity (Wildman–Crippen MR) is 125 cm³/mol. The van der Waals surface area contributed by atoms with Crippen LogP contribution in [0.2, 0.25) is 10.0 Å². The molecule has 1 aromatic heterocycles. The molecule has 3 aliphatic rings. The summed E-state index contributed by atoms with van der Waals surface area (Å²) in [4.78, 5) is 59.2. The third-order valence-corrected chi connectivity index (χ3v) is 6.86. The number of fused-ring (bicyclic) bond motifs is 1. The Hall–Kier alpha value is -3.01. The van der Waals surface area contributed by atoms with Crippen LogP contribution in [0, 0.1) is 0 Å². The van der Waals surface area contributed by atoms with Crippen LogP contribution in [0.4, 0.5) is 5.82 Å². The van der Waals surface area contributed by atoms with Crippen LogP contribution < -0.4 is 10.2 Å². The van der Waals surface area contributed by atoms with E-state index in [0.717, 1.165) is 36.6 Å². The maximum absolute atomic E-state index is 13.0. The molecule has 5 rings (SSSR count). The lowest BCUT2D eigenvalue weighted by Gasteiger charge is -2.35. The second-order valence-electron chi connectivity index (χ2n) is 8.55. The molecule has 2 fully saturated rings. The Labute approximate surface area is 205 Å². The van der Waals surface area contributed by atoms with Crippen LogP contribution in [-0.4, -0.2) is 70.6 Å². The van der Waals surface area contributed by atoms with E-state index in [1.165, 1.54) is 0 Å². The fraction of sp³-hybridized carbons (Fsp3) is 0.348. The molecule has 0 saturated carbocycles. The van der Waals surface area contributed by atoms with Gasteiger partial charge in [0.15, 0.2) is 0 Å². The Kier molecular flexibility index (Phi) is 6.01. The average Bonchev–Trinajstić information content (AvgIpc) is 3.04. The van der Waals surface area contributed by atoms with Gasteiger partial charge in [0.25, 0.3) is 11.8 Å². The summed E-state index contributed by atoms with van der Waals surface area (Å²) in [5, 5.41) is 3.22. The van der Waals surface area contributed by atoms with Crippen molar-refractivity contribution in [3.8, 4) is 0 Å². The smallest absolute Gasteiger partial charge is 0.262 e. The van der Waals surface area contributed by atoms with Crippen molar-refractivity contribution in [3.63, 3.8) is 0 Å². The van der Waals surface area contributed by atoms with Crippen molar-refractivity contribution in [2.75, 3.05) is 31.1 Å². The Morgan fingerprint density at radius 1 is 0.971 bits per heavy atom. The average molecular weight is 502 g/mol. The Morgan fingerprint density at radius 3 is 2.41 bits per heavy atom. The number of rotatable bonds is 4. The number of pyridine rings is 1. The lowest BCUT2D eigenvalue weighted by Crippen LogP contribution is -2.54. The molecule has 9 nitrogen and oxygen atoms in total. The molecule has 0 bridgehead atoms. The molecule has 176 valence electrons. The summed E-state index contributed by atoms with van der Waals surface area (Å²) < 4.78 is 0. The molecule has 11 heteroatoms. The first-order valence-corrected chi connectivity index (χ1v) is 11.7. The van der Waals surface area contributed by atoms with Gasteiger partial charge < -0.3 is 4.90 Å². The first-order valence-electron chi connectivity index (χ1n) is 10.9. The molecular weight excluding hydrogens is 481 g/mol. The molecule has 0 aliphatic carbocycles. The summed E-state index contributed by atoms with van der Waals surface area (Å²) in [5.74, 6) is -1.29. The number of hydrogen-bond donors (Lipinski definition) is 1. The van der Waals surface area contributed by atoms with Gasteiger partial charge in [-0.3, -0.25) is 34.3 Å². The van der Waals surface area contributed by atoms with E-state index in [4.69, 9.17) is 23.2 Å². The lowest BCUT2D eigenvalue weighted by molar-refractivity contribution is -0.136. The number of nitrogens with one attached hydrogen (secondary N) is 1. The normalized spacial score (nSPS) is 21.2. The summed E-state index contributed by atoms with van der Waals surface area (Å²) in [6, 6.07) is 5.92. The van der Waals surface area contributed by atoms with Crippen LogP contribution >= 0.6 is 23.2 Å². The number of carbonyl (C=O) groups excluding carboxylic acids is 4. The van der Waals surface area contributed by atoms with Crippen LogP contribution in [0.3, 0.4) is 0 Å². The minimum atomic E-state index is -0.963. The zero-order valence-corrected chi connectivity index (χ0v) is 19.6. The SMILES string of the molecule is O=C1CCC(N2C(=O)c3ccc(CN4CCN(c5ncc(Cl)cc5Cl)CC4)cc3C2=O)C(=O)N1. The van der Waals surface area contributed by atoms with E-state index in [9.17, 15) is 19.2 Å². The number of anilines is 1. The van der Waals surface area contributed by atoms with E-state index in [0.29, 0.717) is 28.0 Å². The van der Waals surface area contributed by atoms with Gasteiger partial charge in [0.05, 0.1) is 21.2 Å². The lowest BCUT2D eigenvalue weighted by atomic mass is 10.0. The van der Waals surface area contributed by atoms with Crippen LogP contribution in [0.15, 0.2) is 30.5 Å². The zero-order valence-electron chi connectivity index (χ0n) is 18.1. The molecule has 3 aliphatic heterocycles. The molecule has 1 unspecified atom stereocenters. The number of halogens is 2. The summed E-state index contributed by atoms with van der Waals surface area (Å²) in [6.07, 6.45) is 1.81. The quantitative estimate of drug-likeness (QED) is 0.639. The topological polar surface area (TPSA) is 103 Å². The summed E-state index contributed by atoms with van der Waals surface area (Å²) in [7, 11) is 0. The molecule has 4 heterocycles. The Balaban J connectivity index is 1.25. The molecule has 4 amide bonds. The first-order chi connectivity index (χ1) is 16.3. The zero-order chi connectivity index (χ0) is 24.0. The molecule has 0 radical (unpaired) electrons. The van der Waals surface area contributed by atoms with E-state index >= 15 is 0 Å². The maximum atomic E-state index is 13.0. The van der Waals surface area contributed by atoms with Crippen molar-refractivity contribution in [1.29, 1.82) is 0 Å². The van der Waals surface area contributed by atoms with Crippen LogP contribution in [0.25, 0.3) is 0 Å². The van der Waals surface area contributed by atoms with Gasteiger partial charge in [-0.15, -0.1) is 0 Å². The second kappa shape index (κ2) is 8.98. The highest BCUT2D eigenvalue weighted by atomic mass is 35.5. The van der Waals surface area contributed by atoms with E-state index in [1.54, 1.807) is 24.4 Å². The number of piperidine rings is 1. The molecular formula is C23H21Cl2N5O4. The van der Waals surface area contributed by atoms with Crippen molar-refractivity contribution in [3.05, 3.63) is 57.2 Å². The Morgan fingerprint density at radius 2 is 1.71 bits per heavy atom. The van der Waals surface area contributed by atoms with Gasteiger partial charge in [-0.2, -0.15) is 0 Å². The molecule has 34 heavy (non-hydrogen) atoms. The molecule has 0 spiro atoms. The largest absolute Gasteiger partial charge is 0.353 e. The third-order valence-electron chi connectivity index (χ3n) is 6.37. The van der Waals surface area contributed by atoms with Gasteiger partial charge in [0.2, 0.25) is 11.8 Å². The highest BCUT2D eigenvalue weighted by Crippen LogP contribution is 2.30. The maximum Gasteiger partial charge on any atom is 0.262 e. The molecule has 1 aromatic carbocycles. The molecule has 1 atom stereocenters. The molecule has 1 N–H and O–H groups in total. The highest BCUT2D eigenvalue weighted by molar-refractivity contribution is 6.36. The first kappa shape index (κ1) is 22.8. The van der Waals surface area contributed by atoms with E-state index in [-0.39, 0.29) is 18.4 Å². The molecule has 2 saturated heterocycles. The summed E-state index contributed by atoms with van der Waals surface area (Å²) >= 11 is 12.2. The van der Waals surface area contributed by atoms with Crippen molar-refractivity contribution in [2.45, 2.75) is 25.4 Å². The number of piperazine rings is 1. The Bertz CT molecular complexity index is 1210. The van der Waals surface area contributed by atoms with Gasteiger partial charge in [0.1, 0.15) is 11.9 Å². The van der Waals surface area contributed by atoms with E-state index in [2.05, 4.69) is 20.1 Å². The number of nitrogens with zero attached hydrogens (tertiary/aromatic N) is 4. The molecule has 2 aromatic rings. The number of amides is 4. The van der Waals surface area contributed by atoms with Crippen LogP contribution in [0.5, 0.6) is 0 Å². The fourth-order valence-electron chi connectivity index (χ4n) is 4.63. The van der Waals surface area contributed by atoms with Gasteiger partial charge >= 0.3 is 0 Å². The number of benzene rings is 1. The minimum absolute atomic E-state index is 0.0950. The predicted octanol–water partition coefficient (Wildman–Crippen LogP) is 2.11. The van der Waals surface area contributed by atoms with Crippen molar-refractivity contribution < 1.29 is 19.2 Å². The number of aromatic nitrogens is 1. The summed E-state index contributed by atoms with van der Waals surface area (Å²) in [5.41, 5.74) is 1.48. The monoisotopic (exact) mass is 501 g/mol. The van der Waals surface area contributed by atoms with Gasteiger partial charge in [-0.05, 0) is 30.2 Å². The summed E-state index contributed by atoms with van der Waals surface area (Å²) in [6.45, 7) is 3.63. The van der Waals surface area contributed by atoms with Gasteiger partial charge in [-0.25, -0.2) is 4.98 Å². The highest BCUT2D eigenvalue weighted by Gasteiger charge is 2.44. The van der Waals surface area contributed by atoms with Crippen LogP contribution in [-0.2, 0) is 16.1 Å². The number of imide groups is 2. The van der Waals surface area contributed by atoms with E-state index in [1.807, 2.05) is 6.07 Å². The number of hydrogen-bond acceptors (Lipinski definition) is 7. The van der Waals surface area contributed by atoms with Crippen LogP contribution in [0.1, 0.15) is 39.1 Å². The van der Waals surface area contributed by atoms with Gasteiger partial charge in [0, 0.05) is 45.3 Å². The van der Waals surface area contributed by atoms with E-state index < -0.39 is 29.7 Å². The van der Waals surface area contributed by atoms with Gasteiger partial charge in [-0.1, -0.05) is 29.3 Å². The minimum Gasteiger partial charge on any atom is -0.353 e.